The van der Waals surface area contributed by atoms with Crippen LogP contribution >= 0.6 is 15.9 Å². The van der Waals surface area contributed by atoms with Crippen LogP contribution in [0.25, 0.3) is 0 Å². The van der Waals surface area contributed by atoms with Crippen LogP contribution in [0.5, 0.6) is 0 Å². The van der Waals surface area contributed by atoms with Crippen molar-refractivity contribution in [3.05, 3.63) is 33.8 Å². The van der Waals surface area contributed by atoms with Gasteiger partial charge in [-0.25, -0.2) is 0 Å². The van der Waals surface area contributed by atoms with Gasteiger partial charge in [0.15, 0.2) is 0 Å². The van der Waals surface area contributed by atoms with Crippen molar-refractivity contribution >= 4 is 27.8 Å². The van der Waals surface area contributed by atoms with Gasteiger partial charge in [0.25, 0.3) is 5.91 Å². The SMILES string of the molecule is Cc1ccc(C(=O)N(CC(=O)O)C(C)(C)C)c(Br)c1. The predicted octanol–water partition coefficient (Wildman–Crippen LogP) is 3.08. The average molecular weight is 328 g/mol. The molecule has 5 heteroatoms. The molecule has 0 aliphatic carbocycles. The van der Waals surface area contributed by atoms with Crippen molar-refractivity contribution in [2.75, 3.05) is 6.54 Å². The van der Waals surface area contributed by atoms with E-state index in [1.54, 1.807) is 6.07 Å². The minimum Gasteiger partial charge on any atom is -0.480 e. The lowest BCUT2D eigenvalue weighted by Gasteiger charge is -2.34. The standard InChI is InChI=1S/C14H18BrNO3/c1-9-5-6-10(11(15)7-9)13(19)16(8-12(17)18)14(2,3)4/h5-7H,8H2,1-4H3,(H,17,18). The zero-order chi connectivity index (χ0) is 14.8. The fraction of sp³-hybridized carbons (Fsp3) is 0.429. The highest BCUT2D eigenvalue weighted by Gasteiger charge is 2.30. The number of hydrogen-bond donors (Lipinski definition) is 1. The quantitative estimate of drug-likeness (QED) is 0.928. The molecule has 0 fully saturated rings. The number of carboxylic acids is 1. The molecule has 0 atom stereocenters. The summed E-state index contributed by atoms with van der Waals surface area (Å²) in [5, 5.41) is 8.95. The number of carbonyl (C=O) groups is 2. The molecule has 0 aliphatic heterocycles. The number of nitrogens with zero attached hydrogens (tertiary/aromatic N) is 1. The Kier molecular flexibility index (Phi) is 4.74. The molecule has 1 aromatic rings. The van der Waals surface area contributed by atoms with Crippen LogP contribution in [0.1, 0.15) is 36.7 Å². The molecule has 0 spiro atoms. The van der Waals surface area contributed by atoms with E-state index in [9.17, 15) is 9.59 Å². The van der Waals surface area contributed by atoms with E-state index in [2.05, 4.69) is 15.9 Å². The highest BCUT2D eigenvalue weighted by atomic mass is 79.9. The minimum absolute atomic E-state index is 0.290. The van der Waals surface area contributed by atoms with Crippen molar-refractivity contribution in [3.63, 3.8) is 0 Å². The van der Waals surface area contributed by atoms with E-state index in [-0.39, 0.29) is 12.5 Å². The molecule has 104 valence electrons. The molecule has 19 heavy (non-hydrogen) atoms. The molecule has 0 aliphatic rings. The lowest BCUT2D eigenvalue weighted by molar-refractivity contribution is -0.138. The van der Waals surface area contributed by atoms with Crippen LogP contribution in [-0.4, -0.2) is 34.0 Å². The van der Waals surface area contributed by atoms with Crippen molar-refractivity contribution in [1.29, 1.82) is 0 Å². The summed E-state index contributed by atoms with van der Waals surface area (Å²) in [6.07, 6.45) is 0. The van der Waals surface area contributed by atoms with Gasteiger partial charge in [0.1, 0.15) is 6.54 Å². The Balaban J connectivity index is 3.16. The number of amides is 1. The largest absolute Gasteiger partial charge is 0.480 e. The summed E-state index contributed by atoms with van der Waals surface area (Å²) in [6, 6.07) is 5.39. The molecule has 4 nitrogen and oxygen atoms in total. The first-order chi connectivity index (χ1) is 8.62. The zero-order valence-electron chi connectivity index (χ0n) is 11.5. The Labute approximate surface area is 121 Å². The summed E-state index contributed by atoms with van der Waals surface area (Å²) in [7, 11) is 0. The third-order valence-electron chi connectivity index (χ3n) is 2.70. The second-order valence-corrected chi connectivity index (χ2v) is 6.29. The lowest BCUT2D eigenvalue weighted by atomic mass is 10.0. The van der Waals surface area contributed by atoms with E-state index in [4.69, 9.17) is 5.11 Å². The second-order valence-electron chi connectivity index (χ2n) is 5.44. The first kappa shape index (κ1) is 15.7. The number of halogens is 1. The molecule has 0 bridgehead atoms. The predicted molar refractivity (Wildman–Crippen MR) is 77.3 cm³/mol. The van der Waals surface area contributed by atoms with Gasteiger partial charge in [0, 0.05) is 10.0 Å². The smallest absolute Gasteiger partial charge is 0.323 e. The van der Waals surface area contributed by atoms with Crippen molar-refractivity contribution in [1.82, 2.24) is 4.90 Å². The van der Waals surface area contributed by atoms with Gasteiger partial charge in [-0.2, -0.15) is 0 Å². The molecule has 0 heterocycles. The Bertz CT molecular complexity index is 506. The number of aryl methyl sites for hydroxylation is 1. The van der Waals surface area contributed by atoms with Gasteiger partial charge in [0.05, 0.1) is 5.56 Å². The Morgan fingerprint density at radius 1 is 1.32 bits per heavy atom. The molecule has 1 rings (SSSR count). The summed E-state index contributed by atoms with van der Waals surface area (Å²) < 4.78 is 0.678. The van der Waals surface area contributed by atoms with Crippen molar-refractivity contribution in [2.45, 2.75) is 33.2 Å². The van der Waals surface area contributed by atoms with E-state index in [0.717, 1.165) is 5.56 Å². The van der Waals surface area contributed by atoms with Gasteiger partial charge in [-0.1, -0.05) is 6.07 Å². The fourth-order valence-corrected chi connectivity index (χ4v) is 2.35. The van der Waals surface area contributed by atoms with Crippen LogP contribution in [0.2, 0.25) is 0 Å². The number of aliphatic carboxylic acids is 1. The Morgan fingerprint density at radius 3 is 2.32 bits per heavy atom. The fourth-order valence-electron chi connectivity index (χ4n) is 1.69. The number of hydrogen-bond acceptors (Lipinski definition) is 2. The van der Waals surface area contributed by atoms with Gasteiger partial charge in [-0.15, -0.1) is 0 Å². The maximum atomic E-state index is 12.5. The van der Waals surface area contributed by atoms with Crippen molar-refractivity contribution in [3.8, 4) is 0 Å². The third kappa shape index (κ3) is 4.06. The summed E-state index contributed by atoms with van der Waals surface area (Å²) >= 11 is 3.35. The first-order valence-corrected chi connectivity index (χ1v) is 6.72. The number of carbonyl (C=O) groups excluding carboxylic acids is 1. The highest BCUT2D eigenvalue weighted by Crippen LogP contribution is 2.23. The van der Waals surface area contributed by atoms with Crippen LogP contribution in [0.3, 0.4) is 0 Å². The van der Waals surface area contributed by atoms with E-state index in [1.807, 2.05) is 39.8 Å². The third-order valence-corrected chi connectivity index (χ3v) is 3.36. The Morgan fingerprint density at radius 2 is 1.89 bits per heavy atom. The molecule has 0 saturated carbocycles. The molecular formula is C14H18BrNO3. The summed E-state index contributed by atoms with van der Waals surface area (Å²) in [4.78, 5) is 24.8. The maximum absolute atomic E-state index is 12.5. The maximum Gasteiger partial charge on any atom is 0.323 e. The molecule has 0 unspecified atom stereocenters. The summed E-state index contributed by atoms with van der Waals surface area (Å²) in [5.74, 6) is -1.31. The molecule has 1 N–H and O–H groups in total. The topological polar surface area (TPSA) is 57.6 Å². The van der Waals surface area contributed by atoms with Crippen LogP contribution in [-0.2, 0) is 4.79 Å². The van der Waals surface area contributed by atoms with Crippen molar-refractivity contribution < 1.29 is 14.7 Å². The van der Waals surface area contributed by atoms with E-state index >= 15 is 0 Å². The molecular weight excluding hydrogens is 310 g/mol. The Hall–Kier alpha value is -1.36. The summed E-state index contributed by atoms with van der Waals surface area (Å²) in [5.41, 5.74) is 0.950. The lowest BCUT2D eigenvalue weighted by Crippen LogP contribution is -2.48. The average Bonchev–Trinajstić information content (AvgIpc) is 2.23. The highest BCUT2D eigenvalue weighted by molar-refractivity contribution is 9.10. The van der Waals surface area contributed by atoms with Gasteiger partial charge < -0.3 is 10.0 Å². The summed E-state index contributed by atoms with van der Waals surface area (Å²) in [6.45, 7) is 7.06. The minimum atomic E-state index is -1.02. The molecule has 0 radical (unpaired) electrons. The van der Waals surface area contributed by atoms with Gasteiger partial charge in [0.2, 0.25) is 0 Å². The van der Waals surface area contributed by atoms with Crippen LogP contribution in [0.15, 0.2) is 22.7 Å². The normalized spacial score (nSPS) is 11.2. The van der Waals surface area contributed by atoms with Crippen molar-refractivity contribution in [2.24, 2.45) is 0 Å². The van der Waals surface area contributed by atoms with Crippen LogP contribution in [0, 0.1) is 6.92 Å². The first-order valence-electron chi connectivity index (χ1n) is 5.93. The monoisotopic (exact) mass is 327 g/mol. The molecule has 0 aromatic heterocycles. The van der Waals surface area contributed by atoms with E-state index < -0.39 is 11.5 Å². The number of carboxylic acid groups (broad SMARTS) is 1. The van der Waals surface area contributed by atoms with Gasteiger partial charge >= 0.3 is 5.97 Å². The zero-order valence-corrected chi connectivity index (χ0v) is 13.1. The second kappa shape index (κ2) is 5.74. The number of rotatable bonds is 3. The molecule has 1 aromatic carbocycles. The van der Waals surface area contributed by atoms with Gasteiger partial charge in [-0.3, -0.25) is 9.59 Å². The van der Waals surface area contributed by atoms with E-state index in [0.29, 0.717) is 10.0 Å². The number of benzene rings is 1. The molecule has 0 saturated heterocycles. The van der Waals surface area contributed by atoms with Crippen LogP contribution < -0.4 is 0 Å². The van der Waals surface area contributed by atoms with E-state index in [1.165, 1.54) is 4.90 Å². The molecule has 1 amide bonds. The van der Waals surface area contributed by atoms with Crippen LogP contribution in [0.4, 0.5) is 0 Å². The van der Waals surface area contributed by atoms with Gasteiger partial charge in [-0.05, 0) is 61.3 Å².